The van der Waals surface area contributed by atoms with Crippen molar-refractivity contribution in [1.29, 1.82) is 0 Å². The van der Waals surface area contributed by atoms with Crippen molar-refractivity contribution in [2.75, 3.05) is 19.6 Å². The first-order valence-corrected chi connectivity index (χ1v) is 11.2. The molecule has 32 heavy (non-hydrogen) atoms. The molecule has 0 bridgehead atoms. The van der Waals surface area contributed by atoms with Crippen LogP contribution in [0.25, 0.3) is 0 Å². The molecule has 2 aromatic rings. The molecular weight excluding hydrogens is 409 g/mol. The molecule has 0 aromatic heterocycles. The second-order valence-corrected chi connectivity index (χ2v) is 7.97. The summed E-state index contributed by atoms with van der Waals surface area (Å²) >= 11 is 0. The van der Waals surface area contributed by atoms with Crippen molar-refractivity contribution in [2.24, 2.45) is 0 Å². The third-order valence-electron chi connectivity index (χ3n) is 5.79. The molecule has 0 radical (unpaired) electrons. The van der Waals surface area contributed by atoms with Gasteiger partial charge < -0.3 is 15.5 Å². The van der Waals surface area contributed by atoms with Gasteiger partial charge in [-0.25, -0.2) is 4.39 Å². The Balaban J connectivity index is 1.45. The molecule has 1 fully saturated rings. The summed E-state index contributed by atoms with van der Waals surface area (Å²) in [6.07, 6.45) is 2.70. The molecule has 0 spiro atoms. The predicted molar refractivity (Wildman–Crippen MR) is 121 cm³/mol. The monoisotopic (exact) mass is 439 g/mol. The summed E-state index contributed by atoms with van der Waals surface area (Å²) in [6, 6.07) is 14.6. The van der Waals surface area contributed by atoms with E-state index in [0.29, 0.717) is 44.5 Å². The number of rotatable bonds is 9. The summed E-state index contributed by atoms with van der Waals surface area (Å²) in [6.45, 7) is 3.36. The molecule has 7 heteroatoms. The van der Waals surface area contributed by atoms with Crippen LogP contribution < -0.4 is 10.6 Å². The molecule has 1 aliphatic rings. The van der Waals surface area contributed by atoms with Gasteiger partial charge in [0.25, 0.3) is 5.91 Å². The Morgan fingerprint density at radius 1 is 1.03 bits per heavy atom. The largest absolute Gasteiger partial charge is 0.354 e. The minimum atomic E-state index is -0.450. The van der Waals surface area contributed by atoms with Crippen LogP contribution >= 0.6 is 0 Å². The molecule has 1 aliphatic heterocycles. The molecule has 3 rings (SSSR count). The van der Waals surface area contributed by atoms with Gasteiger partial charge in [0.05, 0.1) is 5.92 Å². The minimum Gasteiger partial charge on any atom is -0.354 e. The van der Waals surface area contributed by atoms with Crippen LogP contribution in [0.4, 0.5) is 4.39 Å². The number of benzene rings is 2. The number of nitrogens with zero attached hydrogens (tertiary/aromatic N) is 1. The summed E-state index contributed by atoms with van der Waals surface area (Å²) in [7, 11) is 0. The van der Waals surface area contributed by atoms with Gasteiger partial charge in [-0.2, -0.15) is 0 Å². The zero-order valence-electron chi connectivity index (χ0n) is 18.4. The van der Waals surface area contributed by atoms with Gasteiger partial charge in [0.1, 0.15) is 11.9 Å². The molecule has 2 atom stereocenters. The van der Waals surface area contributed by atoms with Crippen LogP contribution in [0.5, 0.6) is 0 Å². The maximum Gasteiger partial charge on any atom is 0.251 e. The summed E-state index contributed by atoms with van der Waals surface area (Å²) < 4.78 is 12.9. The lowest BCUT2D eigenvalue weighted by atomic mass is 9.94. The Labute approximate surface area is 188 Å². The van der Waals surface area contributed by atoms with Gasteiger partial charge in [-0.15, -0.1) is 0 Å². The van der Waals surface area contributed by atoms with E-state index in [1.165, 1.54) is 24.3 Å². The molecule has 170 valence electrons. The second-order valence-electron chi connectivity index (χ2n) is 7.97. The maximum atomic E-state index is 13.2. The van der Waals surface area contributed by atoms with E-state index >= 15 is 0 Å². The third kappa shape index (κ3) is 5.93. The quantitative estimate of drug-likeness (QED) is 0.589. The standard InChI is InChI=1S/C25H30FN3O3/c1-2-21(18-8-4-3-5-9-18)25(32)29-17-6-10-22(29)24(31)28-16-7-15-27-23(30)19-11-13-20(26)14-12-19/h3-5,8-9,11-14,21-22H,2,6-7,10,15-17H2,1H3,(H,27,30)(H,28,31)/t21?,22-/m1/s1. The van der Waals surface area contributed by atoms with Crippen LogP contribution in [0.3, 0.4) is 0 Å². The van der Waals surface area contributed by atoms with Crippen LogP contribution in [0.15, 0.2) is 54.6 Å². The topological polar surface area (TPSA) is 78.5 Å². The average molecular weight is 440 g/mol. The molecule has 6 nitrogen and oxygen atoms in total. The van der Waals surface area contributed by atoms with E-state index in [-0.39, 0.29) is 23.6 Å². The van der Waals surface area contributed by atoms with Gasteiger partial charge in [-0.1, -0.05) is 37.3 Å². The first kappa shape index (κ1) is 23.4. The Kier molecular flexibility index (Phi) is 8.36. The fraction of sp³-hybridized carbons (Fsp3) is 0.400. The Bertz CT molecular complexity index is 918. The van der Waals surface area contributed by atoms with Crippen molar-refractivity contribution in [3.63, 3.8) is 0 Å². The van der Waals surface area contributed by atoms with Gasteiger partial charge in [0.2, 0.25) is 11.8 Å². The summed E-state index contributed by atoms with van der Waals surface area (Å²) in [5, 5.41) is 5.65. The van der Waals surface area contributed by atoms with E-state index in [1.807, 2.05) is 37.3 Å². The number of hydrogen-bond donors (Lipinski definition) is 2. The third-order valence-corrected chi connectivity index (χ3v) is 5.79. The number of hydrogen-bond acceptors (Lipinski definition) is 3. The molecule has 1 heterocycles. The Hall–Kier alpha value is -3.22. The summed E-state index contributed by atoms with van der Waals surface area (Å²) in [5.41, 5.74) is 1.36. The van der Waals surface area contributed by atoms with Crippen LogP contribution in [0.2, 0.25) is 0 Å². The summed E-state index contributed by atoms with van der Waals surface area (Å²) in [5.74, 6) is -1.06. The maximum absolute atomic E-state index is 13.2. The molecule has 3 amide bonds. The number of nitrogens with one attached hydrogen (secondary N) is 2. The lowest BCUT2D eigenvalue weighted by molar-refractivity contribution is -0.139. The number of amides is 3. The highest BCUT2D eigenvalue weighted by Crippen LogP contribution is 2.27. The zero-order valence-corrected chi connectivity index (χ0v) is 18.4. The van der Waals surface area contributed by atoms with E-state index in [2.05, 4.69) is 10.6 Å². The van der Waals surface area contributed by atoms with Crippen molar-refractivity contribution >= 4 is 17.7 Å². The Morgan fingerprint density at radius 2 is 1.72 bits per heavy atom. The normalized spacial score (nSPS) is 16.4. The number of likely N-dealkylation sites (tertiary alicyclic amines) is 1. The van der Waals surface area contributed by atoms with E-state index in [0.717, 1.165) is 12.0 Å². The minimum absolute atomic E-state index is 0.00270. The SMILES string of the molecule is CCC(C(=O)N1CCC[C@@H]1C(=O)NCCCNC(=O)c1ccc(F)cc1)c1ccccc1. The highest BCUT2D eigenvalue weighted by atomic mass is 19.1. The van der Waals surface area contributed by atoms with Gasteiger partial charge in [0, 0.05) is 25.2 Å². The van der Waals surface area contributed by atoms with Crippen molar-refractivity contribution in [3.8, 4) is 0 Å². The van der Waals surface area contributed by atoms with Crippen molar-refractivity contribution in [2.45, 2.75) is 44.6 Å². The van der Waals surface area contributed by atoms with Crippen molar-refractivity contribution in [3.05, 3.63) is 71.5 Å². The molecule has 0 aliphatic carbocycles. The molecule has 2 N–H and O–H groups in total. The predicted octanol–water partition coefficient (Wildman–Crippen LogP) is 3.25. The van der Waals surface area contributed by atoms with Gasteiger partial charge >= 0.3 is 0 Å². The average Bonchev–Trinajstić information content (AvgIpc) is 3.30. The second kappa shape index (κ2) is 11.4. The molecule has 2 aromatic carbocycles. The highest BCUT2D eigenvalue weighted by Gasteiger charge is 2.36. The molecule has 0 saturated carbocycles. The number of carbonyl (C=O) groups is 3. The van der Waals surface area contributed by atoms with Gasteiger partial charge in [0.15, 0.2) is 0 Å². The van der Waals surface area contributed by atoms with Gasteiger partial charge in [-0.05, 0) is 55.5 Å². The lowest BCUT2D eigenvalue weighted by Gasteiger charge is -2.28. The fourth-order valence-corrected chi connectivity index (χ4v) is 4.06. The first-order valence-electron chi connectivity index (χ1n) is 11.2. The lowest BCUT2D eigenvalue weighted by Crippen LogP contribution is -2.47. The van der Waals surface area contributed by atoms with Crippen LogP contribution in [0, 0.1) is 5.82 Å². The smallest absolute Gasteiger partial charge is 0.251 e. The first-order chi connectivity index (χ1) is 15.5. The number of halogens is 1. The van der Waals surface area contributed by atoms with Crippen LogP contribution in [-0.2, 0) is 9.59 Å². The molecule has 1 saturated heterocycles. The highest BCUT2D eigenvalue weighted by molar-refractivity contribution is 5.94. The van der Waals surface area contributed by atoms with Crippen molar-refractivity contribution in [1.82, 2.24) is 15.5 Å². The van der Waals surface area contributed by atoms with E-state index in [1.54, 1.807) is 4.90 Å². The van der Waals surface area contributed by atoms with Crippen LogP contribution in [-0.4, -0.2) is 48.3 Å². The van der Waals surface area contributed by atoms with E-state index in [9.17, 15) is 18.8 Å². The van der Waals surface area contributed by atoms with E-state index < -0.39 is 11.9 Å². The molecule has 1 unspecified atom stereocenters. The van der Waals surface area contributed by atoms with Crippen LogP contribution in [0.1, 0.15) is 54.4 Å². The molecular formula is C25H30FN3O3. The number of carbonyl (C=O) groups excluding carboxylic acids is 3. The zero-order chi connectivity index (χ0) is 22.9. The Morgan fingerprint density at radius 3 is 2.41 bits per heavy atom. The van der Waals surface area contributed by atoms with E-state index in [4.69, 9.17) is 0 Å². The summed E-state index contributed by atoms with van der Waals surface area (Å²) in [4.78, 5) is 39.6. The van der Waals surface area contributed by atoms with Gasteiger partial charge in [-0.3, -0.25) is 14.4 Å². The van der Waals surface area contributed by atoms with Crippen molar-refractivity contribution < 1.29 is 18.8 Å². The fourth-order valence-electron chi connectivity index (χ4n) is 4.06.